The fourth-order valence-electron chi connectivity index (χ4n) is 2.16. The molecule has 1 heterocycles. The molecule has 0 aliphatic carbocycles. The van der Waals surface area contributed by atoms with Crippen molar-refractivity contribution < 1.29 is 29.2 Å². The summed E-state index contributed by atoms with van der Waals surface area (Å²) in [7, 11) is 1.35. The van der Waals surface area contributed by atoms with Crippen LogP contribution in [0.5, 0.6) is 5.75 Å². The van der Waals surface area contributed by atoms with Crippen LogP contribution in [0.25, 0.3) is 0 Å². The molecule has 0 aromatic heterocycles. The van der Waals surface area contributed by atoms with E-state index in [1.54, 1.807) is 0 Å². The van der Waals surface area contributed by atoms with E-state index in [2.05, 4.69) is 10.6 Å². The van der Waals surface area contributed by atoms with Crippen molar-refractivity contribution >= 4 is 40.9 Å². The van der Waals surface area contributed by atoms with Gasteiger partial charge in [-0.2, -0.15) is 0 Å². The van der Waals surface area contributed by atoms with Crippen LogP contribution in [0.15, 0.2) is 18.2 Å². The Bertz CT molecular complexity index is 724. The molecular formula is C14H15N3O7S. The van der Waals surface area contributed by atoms with Crippen molar-refractivity contribution in [1.29, 1.82) is 0 Å². The zero-order valence-corrected chi connectivity index (χ0v) is 13.9. The maximum absolute atomic E-state index is 12.1. The van der Waals surface area contributed by atoms with Crippen molar-refractivity contribution in [1.82, 2.24) is 5.32 Å². The molecule has 2 amide bonds. The highest BCUT2D eigenvalue weighted by Crippen LogP contribution is 2.29. The van der Waals surface area contributed by atoms with Crippen LogP contribution in [0.3, 0.4) is 0 Å². The number of carbonyl (C=O) groups excluding carboxylic acids is 2. The fraction of sp³-hybridized carbons (Fsp3) is 0.357. The van der Waals surface area contributed by atoms with E-state index < -0.39 is 34.0 Å². The topological polar surface area (TPSA) is 148 Å². The number of nitro groups is 1. The minimum Gasteiger partial charge on any atom is -0.495 e. The summed E-state index contributed by atoms with van der Waals surface area (Å²) in [5.41, 5.74) is -0.100. The van der Waals surface area contributed by atoms with Gasteiger partial charge in [0.25, 0.3) is 5.69 Å². The van der Waals surface area contributed by atoms with Crippen LogP contribution in [0, 0.1) is 10.1 Å². The Balaban J connectivity index is 2.03. The minimum atomic E-state index is -1.13. The standard InChI is InChI=1S/C14H15N3O7S/c1-24-10-3-2-7(17(22)23)4-8(10)15-12(18)5-11-13(19)16-9(6-25-11)14(20)21/h2-4,9,11H,5-6H2,1H3,(H,15,18)(H,16,19)(H,20,21)/t9-,11-/m0/s1. The molecule has 3 N–H and O–H groups in total. The van der Waals surface area contributed by atoms with Gasteiger partial charge in [-0.3, -0.25) is 19.7 Å². The minimum absolute atomic E-state index is 0.117. The van der Waals surface area contributed by atoms with Gasteiger partial charge in [0.2, 0.25) is 11.8 Å². The third-order valence-corrected chi connectivity index (χ3v) is 4.72. The molecule has 0 radical (unpaired) electrons. The van der Waals surface area contributed by atoms with Gasteiger partial charge >= 0.3 is 5.97 Å². The Morgan fingerprint density at radius 3 is 2.80 bits per heavy atom. The van der Waals surface area contributed by atoms with Gasteiger partial charge < -0.3 is 20.5 Å². The number of rotatable bonds is 6. The molecule has 0 bridgehead atoms. The van der Waals surface area contributed by atoms with Crippen molar-refractivity contribution in [2.75, 3.05) is 18.2 Å². The molecule has 25 heavy (non-hydrogen) atoms. The molecule has 2 rings (SSSR count). The summed E-state index contributed by atoms with van der Waals surface area (Å²) in [5.74, 6) is -1.82. The normalized spacial score (nSPS) is 19.6. The van der Waals surface area contributed by atoms with Crippen LogP contribution in [-0.4, -0.2) is 52.0 Å². The number of hydrogen-bond donors (Lipinski definition) is 3. The van der Waals surface area contributed by atoms with E-state index in [1.807, 2.05) is 0 Å². The van der Waals surface area contributed by atoms with Gasteiger partial charge in [-0.25, -0.2) is 4.79 Å². The van der Waals surface area contributed by atoms with Crippen molar-refractivity contribution in [3.05, 3.63) is 28.3 Å². The molecule has 1 aromatic carbocycles. The lowest BCUT2D eigenvalue weighted by Gasteiger charge is -2.25. The van der Waals surface area contributed by atoms with Crippen molar-refractivity contribution in [3.8, 4) is 5.75 Å². The van der Waals surface area contributed by atoms with E-state index in [9.17, 15) is 24.5 Å². The van der Waals surface area contributed by atoms with Gasteiger partial charge in [0.15, 0.2) is 0 Å². The molecule has 1 fully saturated rings. The maximum Gasteiger partial charge on any atom is 0.327 e. The van der Waals surface area contributed by atoms with Gasteiger partial charge in [0, 0.05) is 24.3 Å². The highest BCUT2D eigenvalue weighted by atomic mass is 32.2. The van der Waals surface area contributed by atoms with Gasteiger partial charge in [0.05, 0.1) is 23.0 Å². The molecule has 134 valence electrons. The number of hydrogen-bond acceptors (Lipinski definition) is 7. The molecule has 1 aliphatic rings. The number of carboxylic acids is 1. The first-order chi connectivity index (χ1) is 11.8. The summed E-state index contributed by atoms with van der Waals surface area (Å²) in [6, 6.07) is 2.78. The van der Waals surface area contributed by atoms with Crippen molar-refractivity contribution in [3.63, 3.8) is 0 Å². The van der Waals surface area contributed by atoms with E-state index >= 15 is 0 Å². The number of non-ortho nitro benzene ring substituents is 1. The first kappa shape index (κ1) is 18.5. The maximum atomic E-state index is 12.1. The predicted octanol–water partition coefficient (Wildman–Crippen LogP) is 0.617. The lowest BCUT2D eigenvalue weighted by molar-refractivity contribution is -0.384. The first-order valence-corrected chi connectivity index (χ1v) is 8.13. The monoisotopic (exact) mass is 369 g/mol. The molecule has 11 heteroatoms. The number of aliphatic carboxylic acids is 1. The fourth-order valence-corrected chi connectivity index (χ4v) is 3.30. The zero-order valence-electron chi connectivity index (χ0n) is 13.1. The van der Waals surface area contributed by atoms with Crippen LogP contribution < -0.4 is 15.4 Å². The zero-order chi connectivity index (χ0) is 18.6. The number of nitrogens with one attached hydrogen (secondary N) is 2. The lowest BCUT2D eigenvalue weighted by Crippen LogP contribution is -2.51. The molecule has 1 aliphatic heterocycles. The number of nitro benzene ring substituents is 1. The van der Waals surface area contributed by atoms with E-state index in [4.69, 9.17) is 9.84 Å². The summed E-state index contributed by atoms with van der Waals surface area (Å²) in [6.07, 6.45) is -0.200. The van der Waals surface area contributed by atoms with Crippen LogP contribution in [-0.2, 0) is 14.4 Å². The Morgan fingerprint density at radius 2 is 2.24 bits per heavy atom. The number of methoxy groups -OCH3 is 1. The van der Waals surface area contributed by atoms with Gasteiger partial charge in [-0.15, -0.1) is 11.8 Å². The Labute approximate surface area is 146 Å². The molecule has 10 nitrogen and oxygen atoms in total. The average Bonchev–Trinajstić information content (AvgIpc) is 2.56. The number of anilines is 1. The molecule has 0 saturated carbocycles. The van der Waals surface area contributed by atoms with E-state index in [-0.39, 0.29) is 29.3 Å². The van der Waals surface area contributed by atoms with Crippen molar-refractivity contribution in [2.24, 2.45) is 0 Å². The lowest BCUT2D eigenvalue weighted by atomic mass is 10.2. The Kier molecular flexibility index (Phi) is 5.80. The van der Waals surface area contributed by atoms with Crippen LogP contribution in [0.2, 0.25) is 0 Å². The number of amides is 2. The third-order valence-electron chi connectivity index (χ3n) is 3.41. The highest BCUT2D eigenvalue weighted by molar-refractivity contribution is 8.00. The molecule has 1 saturated heterocycles. The summed E-state index contributed by atoms with van der Waals surface area (Å²) in [4.78, 5) is 45.1. The van der Waals surface area contributed by atoms with E-state index in [0.717, 1.165) is 17.8 Å². The van der Waals surface area contributed by atoms with Crippen molar-refractivity contribution in [2.45, 2.75) is 17.7 Å². The average molecular weight is 369 g/mol. The molecule has 1 aromatic rings. The second kappa shape index (κ2) is 7.83. The van der Waals surface area contributed by atoms with E-state index in [0.29, 0.717) is 0 Å². The summed E-state index contributed by atoms with van der Waals surface area (Å²) >= 11 is 1.07. The van der Waals surface area contributed by atoms with Crippen LogP contribution in [0.1, 0.15) is 6.42 Å². The van der Waals surface area contributed by atoms with Crippen LogP contribution in [0.4, 0.5) is 11.4 Å². The number of carbonyl (C=O) groups is 3. The number of thioether (sulfide) groups is 1. The SMILES string of the molecule is COc1ccc([N+](=O)[O-])cc1NC(=O)C[C@@H]1SC[C@@H](C(=O)O)NC1=O. The quantitative estimate of drug-likeness (QED) is 0.488. The molecule has 2 atom stereocenters. The third kappa shape index (κ3) is 4.59. The molecule has 0 unspecified atom stereocenters. The number of nitrogens with zero attached hydrogens (tertiary/aromatic N) is 1. The summed E-state index contributed by atoms with van der Waals surface area (Å²) in [6.45, 7) is 0. The largest absolute Gasteiger partial charge is 0.495 e. The highest BCUT2D eigenvalue weighted by Gasteiger charge is 2.33. The van der Waals surface area contributed by atoms with Gasteiger partial charge in [-0.1, -0.05) is 0 Å². The van der Waals surface area contributed by atoms with Gasteiger partial charge in [-0.05, 0) is 6.07 Å². The smallest absolute Gasteiger partial charge is 0.327 e. The summed E-state index contributed by atoms with van der Waals surface area (Å²) in [5, 5.41) is 23.8. The number of ether oxygens (including phenoxy) is 1. The number of benzene rings is 1. The molecule has 0 spiro atoms. The predicted molar refractivity (Wildman–Crippen MR) is 88.7 cm³/mol. The Hall–Kier alpha value is -2.82. The van der Waals surface area contributed by atoms with Crippen LogP contribution >= 0.6 is 11.8 Å². The second-order valence-corrected chi connectivity index (χ2v) is 6.35. The number of carboxylic acid groups (broad SMARTS) is 1. The summed E-state index contributed by atoms with van der Waals surface area (Å²) < 4.78 is 5.05. The molecular weight excluding hydrogens is 354 g/mol. The van der Waals surface area contributed by atoms with E-state index in [1.165, 1.54) is 19.2 Å². The first-order valence-electron chi connectivity index (χ1n) is 7.09. The second-order valence-electron chi connectivity index (χ2n) is 5.12. The van der Waals surface area contributed by atoms with Gasteiger partial charge in [0.1, 0.15) is 11.8 Å². The Morgan fingerprint density at radius 1 is 1.52 bits per heavy atom.